The fourth-order valence-electron chi connectivity index (χ4n) is 0.914. The molecule has 0 atom stereocenters. The van der Waals surface area contributed by atoms with Crippen LogP contribution >= 0.6 is 0 Å². The maximum atomic E-state index is 5.27. The molecule has 2 aliphatic rings. The summed E-state index contributed by atoms with van der Waals surface area (Å²) in [5, 5.41) is 2.94. The Kier molecular flexibility index (Phi) is 3.81. The Morgan fingerprint density at radius 3 is 3.36 bits per heavy atom. The second-order valence-electron chi connectivity index (χ2n) is 2.04. The van der Waals surface area contributed by atoms with E-state index in [1.807, 2.05) is 0 Å². The van der Waals surface area contributed by atoms with Gasteiger partial charge < -0.3 is 10.1 Å². The van der Waals surface area contributed by atoms with Crippen LogP contribution in [0.5, 0.6) is 0 Å². The number of nitrogens with zero attached hydrogens (tertiary/aromatic N) is 1. The van der Waals surface area contributed by atoms with Crippen molar-refractivity contribution in [2.75, 3.05) is 13.2 Å². The predicted molar refractivity (Wildman–Crippen MR) is 37.3 cm³/mol. The predicted octanol–water partition coefficient (Wildman–Crippen LogP) is -2.78. The van der Waals surface area contributed by atoms with Gasteiger partial charge in [0, 0.05) is 5.76 Å². The number of rotatable bonds is 0. The second-order valence-corrected chi connectivity index (χ2v) is 2.04. The molecule has 0 aromatic carbocycles. The summed E-state index contributed by atoms with van der Waals surface area (Å²) in [4.78, 5) is 4.19. The van der Waals surface area contributed by atoms with Crippen molar-refractivity contribution in [3.63, 3.8) is 0 Å². The first-order chi connectivity index (χ1) is 4.97. The average Bonchev–Trinajstić information content (AvgIpc) is 2.05. The molecule has 4 heteroatoms. The number of nitrogens with one attached hydrogen (secondary N) is 1. The summed E-state index contributed by atoms with van der Waals surface area (Å²) in [6.07, 6.45) is 6.39. The Bertz CT molecular complexity index is 233. The van der Waals surface area contributed by atoms with Gasteiger partial charge in [0.15, 0.2) is 0 Å². The molecule has 0 aromatic heterocycles. The Hall–Kier alpha value is 0.386. The summed E-state index contributed by atoms with van der Waals surface area (Å²) in [6, 6.07) is 0. The first kappa shape index (κ1) is 9.47. The van der Waals surface area contributed by atoms with Crippen LogP contribution in [0.1, 0.15) is 0 Å². The first-order valence-corrected chi connectivity index (χ1v) is 3.19. The molecule has 0 fully saturated rings. The molecule has 0 bridgehead atoms. The van der Waals surface area contributed by atoms with Gasteiger partial charge in [0.2, 0.25) is 0 Å². The van der Waals surface area contributed by atoms with E-state index in [4.69, 9.17) is 4.74 Å². The molecule has 0 unspecified atom stereocenters. The maximum absolute atomic E-state index is 5.27. The van der Waals surface area contributed by atoms with Crippen molar-refractivity contribution in [1.82, 2.24) is 5.32 Å². The van der Waals surface area contributed by atoms with Crippen LogP contribution in [-0.4, -0.2) is 19.0 Å². The van der Waals surface area contributed by atoms with Crippen LogP contribution in [0.4, 0.5) is 0 Å². The topological polar surface area (TPSA) is 33.6 Å². The van der Waals surface area contributed by atoms with E-state index in [0.29, 0.717) is 6.61 Å². The smallest absolute Gasteiger partial charge is 0.573 e. The molecule has 0 amide bonds. The zero-order valence-corrected chi connectivity index (χ0v) is 9.55. The average molecular weight is 174 g/mol. The number of amidine groups is 1. The van der Waals surface area contributed by atoms with Crippen molar-refractivity contribution < 1.29 is 56.1 Å². The summed E-state index contributed by atoms with van der Waals surface area (Å²) in [7, 11) is 0. The Balaban J connectivity index is 0.000000605. The van der Waals surface area contributed by atoms with Crippen molar-refractivity contribution in [2.24, 2.45) is 4.99 Å². The Morgan fingerprint density at radius 2 is 2.55 bits per heavy atom. The van der Waals surface area contributed by atoms with Gasteiger partial charge in [0.05, 0.1) is 19.0 Å². The minimum atomic E-state index is 0. The molecule has 2 rings (SSSR count). The van der Waals surface area contributed by atoms with Crippen molar-refractivity contribution in [3.05, 3.63) is 24.1 Å². The third-order valence-electron chi connectivity index (χ3n) is 1.36. The number of aliphatic imine (C=N–C) groups is 1. The number of allylic oxidation sites excluding steroid dienone is 2. The van der Waals surface area contributed by atoms with Crippen molar-refractivity contribution >= 4 is 5.84 Å². The summed E-state index contributed by atoms with van der Waals surface area (Å²) >= 11 is 0. The van der Waals surface area contributed by atoms with Crippen LogP contribution in [0.25, 0.3) is 0 Å². The molecule has 1 N–H and O–H groups in total. The molecule has 0 saturated heterocycles. The van der Waals surface area contributed by atoms with E-state index >= 15 is 0 Å². The van der Waals surface area contributed by atoms with Gasteiger partial charge in [0.25, 0.3) is 0 Å². The third kappa shape index (κ3) is 2.16. The van der Waals surface area contributed by atoms with Crippen molar-refractivity contribution in [3.8, 4) is 0 Å². The van der Waals surface area contributed by atoms with E-state index in [1.54, 1.807) is 12.3 Å². The van der Waals surface area contributed by atoms with Crippen LogP contribution in [0.3, 0.4) is 0 Å². The summed E-state index contributed by atoms with van der Waals surface area (Å²) in [6.45, 7) is 1.42. The number of fused-ring (bicyclic) bond motifs is 1. The van der Waals surface area contributed by atoms with E-state index in [0.717, 1.165) is 18.1 Å². The van der Waals surface area contributed by atoms with Gasteiger partial charge in [-0.2, -0.15) is 6.08 Å². The quantitative estimate of drug-likeness (QED) is 0.318. The van der Waals surface area contributed by atoms with Gasteiger partial charge in [0.1, 0.15) is 0 Å². The second kappa shape index (κ2) is 4.42. The molecule has 3 nitrogen and oxygen atoms in total. The molecule has 0 aliphatic carbocycles. The largest absolute Gasteiger partial charge is 1.00 e. The van der Waals surface area contributed by atoms with Gasteiger partial charge in [-0.05, 0) is 0 Å². The molecule has 52 valence electrons. The van der Waals surface area contributed by atoms with Crippen molar-refractivity contribution in [2.45, 2.75) is 0 Å². The minimum Gasteiger partial charge on any atom is -0.573 e. The molecule has 0 saturated carbocycles. The normalized spacial score (nSPS) is 19.6. The fraction of sp³-hybridized carbons (Fsp3) is 0.286. The minimum absolute atomic E-state index is 0. The molecule has 2 aliphatic heterocycles. The van der Waals surface area contributed by atoms with Crippen LogP contribution in [0.15, 0.2) is 23.0 Å². The van der Waals surface area contributed by atoms with Crippen LogP contribution in [0, 0.1) is 6.08 Å². The van der Waals surface area contributed by atoms with Crippen molar-refractivity contribution in [1.29, 1.82) is 0 Å². The SMILES string of the molecule is [C-]1=CNC2=NCCOC2=C1.[K+]. The van der Waals surface area contributed by atoms with Gasteiger partial charge in [-0.25, -0.2) is 6.08 Å². The zero-order chi connectivity index (χ0) is 6.81. The Labute approximate surface area is 108 Å². The zero-order valence-electron chi connectivity index (χ0n) is 6.42. The molecular weight excluding hydrogens is 167 g/mol. The van der Waals surface area contributed by atoms with E-state index in [1.165, 1.54) is 0 Å². The molecule has 0 aromatic rings. The number of ether oxygens (including phenoxy) is 1. The third-order valence-corrected chi connectivity index (χ3v) is 1.36. The number of hydrogen-bond donors (Lipinski definition) is 1. The summed E-state index contributed by atoms with van der Waals surface area (Å²) in [5.74, 6) is 1.62. The number of dihydropyridines is 1. The van der Waals surface area contributed by atoms with E-state index in [2.05, 4.69) is 16.4 Å². The van der Waals surface area contributed by atoms with Gasteiger partial charge in [-0.1, -0.05) is 6.20 Å². The van der Waals surface area contributed by atoms with E-state index in [9.17, 15) is 0 Å². The number of hydrogen-bond acceptors (Lipinski definition) is 3. The molecule has 2 heterocycles. The molecular formula is C7H7KN2O. The van der Waals surface area contributed by atoms with Gasteiger partial charge in [-0.15, -0.1) is 0 Å². The fourth-order valence-corrected chi connectivity index (χ4v) is 0.914. The van der Waals surface area contributed by atoms with E-state index < -0.39 is 0 Å². The summed E-state index contributed by atoms with van der Waals surface area (Å²) in [5.41, 5.74) is 0. The van der Waals surface area contributed by atoms with Crippen LogP contribution in [0.2, 0.25) is 0 Å². The standard InChI is InChI=1S/C7H7N2O.K/c1-2-6-7(8-3-1)9-4-5-10-6;/h2-3H,4-5H2,(H,8,9);/q-1;+1. The molecule has 0 radical (unpaired) electrons. The van der Waals surface area contributed by atoms with Gasteiger partial charge in [-0.3, -0.25) is 4.99 Å². The van der Waals surface area contributed by atoms with Crippen LogP contribution in [-0.2, 0) is 4.74 Å². The van der Waals surface area contributed by atoms with Crippen LogP contribution < -0.4 is 56.7 Å². The van der Waals surface area contributed by atoms with Gasteiger partial charge >= 0.3 is 51.4 Å². The molecule has 0 spiro atoms. The van der Waals surface area contributed by atoms with E-state index in [-0.39, 0.29) is 51.4 Å². The first-order valence-electron chi connectivity index (χ1n) is 3.19. The Morgan fingerprint density at radius 1 is 1.64 bits per heavy atom. The maximum Gasteiger partial charge on any atom is 1.00 e. The molecule has 11 heavy (non-hydrogen) atoms. The monoisotopic (exact) mass is 174 g/mol. The summed E-state index contributed by atoms with van der Waals surface area (Å²) < 4.78 is 5.27.